The number of likely N-dealkylation sites (tertiary alicyclic amines) is 1. The molecular weight excluding hydrogens is 1420 g/mol. The first-order valence-corrected chi connectivity index (χ1v) is 41.9. The molecule has 9 aromatic carbocycles. The molecule has 3 unspecified atom stereocenters. The molecule has 9 aromatic rings. The van der Waals surface area contributed by atoms with Crippen molar-refractivity contribution >= 4 is 23.2 Å². The van der Waals surface area contributed by atoms with Crippen LogP contribution in [0.4, 0.5) is 13.2 Å². The minimum Gasteiger partial charge on any atom is -0.496 e. The minimum atomic E-state index is -0.161. The number of nitrogens with zero attached hydrogens (tertiary/aromatic N) is 1. The second-order valence-electron chi connectivity index (χ2n) is 33.1. The highest BCUT2D eigenvalue weighted by Crippen LogP contribution is 2.31. The second kappa shape index (κ2) is 57.1. The molecule has 610 valence electrons. The third-order valence-electron chi connectivity index (χ3n) is 20.7. The summed E-state index contributed by atoms with van der Waals surface area (Å²) in [6.45, 7) is 49.5. The molecule has 0 spiro atoms. The summed E-state index contributed by atoms with van der Waals surface area (Å²) in [6, 6.07) is 76.7. The van der Waals surface area contributed by atoms with Crippen LogP contribution in [0.25, 0.3) is 0 Å². The summed E-state index contributed by atoms with van der Waals surface area (Å²) >= 11 is 11.7. The molecule has 1 fully saturated rings. The van der Waals surface area contributed by atoms with Crippen molar-refractivity contribution in [3.63, 3.8) is 0 Å². The van der Waals surface area contributed by atoms with Crippen LogP contribution < -0.4 is 4.74 Å². The van der Waals surface area contributed by atoms with Gasteiger partial charge in [-0.25, -0.2) is 13.2 Å². The summed E-state index contributed by atoms with van der Waals surface area (Å²) in [4.78, 5) is 2.36. The van der Waals surface area contributed by atoms with Crippen molar-refractivity contribution in [1.82, 2.24) is 4.90 Å². The molecule has 6 atom stereocenters. The SMILES string of the molecule is CC(C)C(C)c1ccc(F)cc1.CC(C)C(CO)c1ccccc1.CC(C)CCc1ccccc1.CC(C)Cc1ccc(Cl)c(Cl)c1.CC(C)Cc1ccccc1.CC(C)[C@@H](CO)c1ccccc1.CC(C)[C@H](C)c1ccc(F)cc1.CC(C)[C@H](C)c1ccccc1.COc1cccc(F)c1CN1CCCC(C(C)C)C1. The van der Waals surface area contributed by atoms with Crippen molar-refractivity contribution in [3.8, 4) is 5.75 Å². The standard InChI is InChI=1S/C16H24FNO.2C11H15F.2C11H16O.2C11H16.C10H12Cl2.C10H14/c1-12(2)13-6-5-9-18(10-13)11-14-15(17)7-4-8-16(14)19-3;2*1-8(2)9(3)10-4-6-11(12)7-5-10;2*1-9(2)11(8-12)10-6-4-3-5-7-10;1-9(2)10(3)11-7-5-4-6-8-11;1-10(2)8-9-11-6-4-3-5-7-11;1-7(2)5-8-3-4-9(11)10(12)6-8;1-9(2)8-10-6-4-3-5-7-10/h4,7-8,12-13H,5-6,9-11H2,1-3H3;2*4-9H,1-3H3;2*3-7,9,11-12H,8H2,1-2H3;4-10H,1-3H3;3-7,10H,8-9H2,1-2H3;3-4,6-7H,5H2,1-2H3;3-7,9H,8H2,1-2H3/t;9-;;11-;;10-;;;/m.0.1.0.../s1. The van der Waals surface area contributed by atoms with Gasteiger partial charge in [0.1, 0.15) is 23.2 Å². The first-order valence-electron chi connectivity index (χ1n) is 41.2. The fourth-order valence-corrected chi connectivity index (χ4v) is 12.8. The number of halogens is 5. The molecule has 0 amide bonds. The number of methoxy groups -OCH3 is 1. The van der Waals surface area contributed by atoms with Crippen molar-refractivity contribution in [2.75, 3.05) is 33.4 Å². The molecule has 1 aliphatic heterocycles. The van der Waals surface area contributed by atoms with Gasteiger partial charge < -0.3 is 14.9 Å². The summed E-state index contributed by atoms with van der Waals surface area (Å²) in [5.74, 6) is 9.04. The smallest absolute Gasteiger partial charge is 0.131 e. The Morgan fingerprint density at radius 2 is 0.775 bits per heavy atom. The maximum absolute atomic E-state index is 13.9. The van der Waals surface area contributed by atoms with E-state index >= 15 is 0 Å². The van der Waals surface area contributed by atoms with Gasteiger partial charge in [-0.15, -0.1) is 0 Å². The van der Waals surface area contributed by atoms with Crippen LogP contribution in [0.2, 0.25) is 10.0 Å². The fourth-order valence-electron chi connectivity index (χ4n) is 12.5. The second-order valence-corrected chi connectivity index (χ2v) is 34.0. The van der Waals surface area contributed by atoms with E-state index in [9.17, 15) is 13.2 Å². The van der Waals surface area contributed by atoms with Crippen LogP contribution in [0.15, 0.2) is 237 Å². The molecule has 111 heavy (non-hydrogen) atoms. The zero-order chi connectivity index (χ0) is 83.0. The molecule has 1 saturated heterocycles. The molecule has 1 aliphatic rings. The van der Waals surface area contributed by atoms with Gasteiger partial charge in [0.15, 0.2) is 0 Å². The minimum absolute atomic E-state index is 0.158. The van der Waals surface area contributed by atoms with Crippen molar-refractivity contribution in [3.05, 3.63) is 314 Å². The molecule has 4 nitrogen and oxygen atoms in total. The van der Waals surface area contributed by atoms with E-state index < -0.39 is 0 Å². The quantitative estimate of drug-likeness (QED) is 0.0670. The predicted octanol–water partition coefficient (Wildman–Crippen LogP) is 29.5. The third kappa shape index (κ3) is 42.6. The predicted molar refractivity (Wildman–Crippen MR) is 477 cm³/mol. The highest BCUT2D eigenvalue weighted by atomic mass is 35.5. The van der Waals surface area contributed by atoms with Crippen molar-refractivity contribution < 1.29 is 28.1 Å². The summed E-state index contributed by atoms with van der Waals surface area (Å²) in [5, 5.41) is 19.6. The molecular formula is C102H144Cl2F3NO3. The van der Waals surface area contributed by atoms with E-state index in [1.165, 1.54) is 107 Å². The van der Waals surface area contributed by atoms with Gasteiger partial charge in [0, 0.05) is 30.5 Å². The highest BCUT2D eigenvalue weighted by Gasteiger charge is 2.24. The average Bonchev–Trinajstić information content (AvgIpc) is 0.836. The number of benzene rings is 9. The summed E-state index contributed by atoms with van der Waals surface area (Å²) in [5.41, 5.74) is 11.2. The van der Waals surface area contributed by atoms with E-state index in [0.717, 1.165) is 43.2 Å². The first-order chi connectivity index (χ1) is 52.7. The first kappa shape index (κ1) is 100. The zero-order valence-corrected chi connectivity index (χ0v) is 73.6. The van der Waals surface area contributed by atoms with Gasteiger partial charge >= 0.3 is 0 Å². The number of rotatable bonds is 23. The number of aliphatic hydroxyl groups is 2. The van der Waals surface area contributed by atoms with E-state index in [1.54, 1.807) is 13.2 Å². The fraction of sp³-hybridized carbons (Fsp3) is 0.471. The van der Waals surface area contributed by atoms with E-state index in [4.69, 9.17) is 38.2 Å². The maximum atomic E-state index is 13.9. The molecule has 1 heterocycles. The number of aliphatic hydroxyl groups excluding tert-OH is 2. The monoisotopic (exact) mass is 1560 g/mol. The lowest BCUT2D eigenvalue weighted by Gasteiger charge is -2.35. The molecule has 10 rings (SSSR count). The number of hydrogen-bond acceptors (Lipinski definition) is 4. The number of piperidine rings is 1. The topological polar surface area (TPSA) is 52.9 Å². The van der Waals surface area contributed by atoms with Crippen LogP contribution in [0.1, 0.15) is 244 Å². The molecule has 9 heteroatoms. The van der Waals surface area contributed by atoms with Gasteiger partial charge in [-0.3, -0.25) is 4.90 Å². The lowest BCUT2D eigenvalue weighted by atomic mass is 9.88. The normalized spacial score (nSPS) is 13.8. The molecule has 0 aromatic heterocycles. The number of ether oxygens (including phenoxy) is 1. The van der Waals surface area contributed by atoms with Crippen LogP contribution in [0.5, 0.6) is 5.75 Å². The van der Waals surface area contributed by atoms with Crippen LogP contribution in [-0.4, -0.2) is 48.5 Å². The summed E-state index contributed by atoms with van der Waals surface area (Å²) < 4.78 is 44.3. The Bertz CT molecular complexity index is 3610. The van der Waals surface area contributed by atoms with Crippen molar-refractivity contribution in [1.29, 1.82) is 0 Å². The van der Waals surface area contributed by atoms with Crippen LogP contribution in [0, 0.1) is 76.6 Å². The largest absolute Gasteiger partial charge is 0.496 e. The van der Waals surface area contributed by atoms with E-state index in [0.29, 0.717) is 81.2 Å². The summed E-state index contributed by atoms with van der Waals surface area (Å²) in [7, 11) is 1.60. The van der Waals surface area contributed by atoms with Crippen LogP contribution in [-0.2, 0) is 25.8 Å². The molecule has 0 aliphatic carbocycles. The van der Waals surface area contributed by atoms with E-state index in [1.807, 2.05) is 84.9 Å². The Morgan fingerprint density at radius 3 is 1.13 bits per heavy atom. The lowest BCUT2D eigenvalue weighted by Crippen LogP contribution is -2.37. The molecule has 2 N–H and O–H groups in total. The molecule has 0 saturated carbocycles. The Kier molecular flexibility index (Phi) is 51.5. The van der Waals surface area contributed by atoms with Gasteiger partial charge in [-0.2, -0.15) is 0 Å². The molecule has 0 bridgehead atoms. The van der Waals surface area contributed by atoms with Gasteiger partial charge in [0.05, 0.1) is 30.4 Å². The van der Waals surface area contributed by atoms with Crippen LogP contribution in [0.3, 0.4) is 0 Å². The average molecular weight is 1560 g/mol. The van der Waals surface area contributed by atoms with Crippen molar-refractivity contribution in [2.45, 2.75) is 220 Å². The number of aryl methyl sites for hydroxylation is 1. The van der Waals surface area contributed by atoms with Gasteiger partial charge in [-0.05, 0) is 215 Å². The van der Waals surface area contributed by atoms with Gasteiger partial charge in [0.2, 0.25) is 0 Å². The maximum Gasteiger partial charge on any atom is 0.131 e. The Hall–Kier alpha value is -6.97. The van der Waals surface area contributed by atoms with E-state index in [2.05, 4.69) is 266 Å². The zero-order valence-electron chi connectivity index (χ0n) is 72.1. The van der Waals surface area contributed by atoms with E-state index in [-0.39, 0.29) is 42.5 Å². The Labute approximate surface area is 684 Å². The Morgan fingerprint density at radius 1 is 0.396 bits per heavy atom. The highest BCUT2D eigenvalue weighted by molar-refractivity contribution is 6.42. The van der Waals surface area contributed by atoms with Crippen LogP contribution >= 0.6 is 23.2 Å². The number of hydrogen-bond donors (Lipinski definition) is 2. The Balaban J connectivity index is 0.000000427. The lowest BCUT2D eigenvalue weighted by molar-refractivity contribution is 0.137. The van der Waals surface area contributed by atoms with Gasteiger partial charge in [-0.1, -0.05) is 357 Å². The molecule has 0 radical (unpaired) electrons. The summed E-state index contributed by atoms with van der Waals surface area (Å²) in [6.07, 6.45) is 7.27. The van der Waals surface area contributed by atoms with Gasteiger partial charge in [0.25, 0.3) is 0 Å². The third-order valence-corrected chi connectivity index (χ3v) is 21.4. The van der Waals surface area contributed by atoms with Crippen molar-refractivity contribution in [2.24, 2.45) is 59.2 Å².